The van der Waals surface area contributed by atoms with E-state index >= 15 is 0 Å². The Bertz CT molecular complexity index is 609. The first-order valence-corrected chi connectivity index (χ1v) is 6.41. The van der Waals surface area contributed by atoms with Crippen LogP contribution in [-0.4, -0.2) is 11.0 Å². The third kappa shape index (κ3) is 3.26. The van der Waals surface area contributed by atoms with Gasteiger partial charge in [0.1, 0.15) is 11.5 Å². The number of hydrogen-bond acceptors (Lipinski definition) is 3. The highest BCUT2D eigenvalue weighted by molar-refractivity contribution is 9.10. The van der Waals surface area contributed by atoms with E-state index in [2.05, 4.69) is 21.1 Å². The van der Waals surface area contributed by atoms with Gasteiger partial charge in [-0.1, -0.05) is 21.1 Å². The minimum absolute atomic E-state index is 0.0750. The van der Waals surface area contributed by atoms with Crippen molar-refractivity contribution in [2.75, 3.05) is 0 Å². The number of aryl methyl sites for hydroxylation is 1. The summed E-state index contributed by atoms with van der Waals surface area (Å²) < 4.78 is 6.76. The van der Waals surface area contributed by atoms with Gasteiger partial charge in [0.2, 0.25) is 0 Å². The van der Waals surface area contributed by atoms with Crippen molar-refractivity contribution in [3.05, 3.63) is 58.1 Å². The number of rotatable bonds is 3. The normalized spacial score (nSPS) is 11.4. The smallest absolute Gasteiger partial charge is 0.170 e. The number of halogens is 1. The third-order valence-corrected chi connectivity index (χ3v) is 3.51. The van der Waals surface area contributed by atoms with E-state index in [1.54, 1.807) is 24.3 Å². The van der Waals surface area contributed by atoms with Gasteiger partial charge < -0.3 is 15.7 Å². The predicted molar refractivity (Wildman–Crippen MR) is 77.9 cm³/mol. The molecule has 0 saturated heterocycles. The van der Waals surface area contributed by atoms with Crippen LogP contribution in [0.5, 0.6) is 11.5 Å². The Morgan fingerprint density at radius 3 is 2.37 bits per heavy atom. The number of benzene rings is 2. The molecule has 0 aliphatic carbocycles. The molecule has 0 aliphatic rings. The molecule has 0 aromatic heterocycles. The standard InChI is InChI=1S/C14H13BrN2O2/c1-9-8-12(6-7-13(9)15)19-11-4-2-10(3-5-11)14(16)17-18/h2-8,18H,1H3,(H2,16,17). The van der Waals surface area contributed by atoms with Crippen molar-refractivity contribution in [3.63, 3.8) is 0 Å². The molecule has 98 valence electrons. The van der Waals surface area contributed by atoms with Crippen molar-refractivity contribution in [3.8, 4) is 11.5 Å². The fraction of sp³-hybridized carbons (Fsp3) is 0.0714. The summed E-state index contributed by atoms with van der Waals surface area (Å²) in [4.78, 5) is 0. The molecule has 0 saturated carbocycles. The van der Waals surface area contributed by atoms with Crippen LogP contribution >= 0.6 is 15.9 Å². The van der Waals surface area contributed by atoms with E-state index in [0.717, 1.165) is 15.8 Å². The van der Waals surface area contributed by atoms with Crippen LogP contribution in [0, 0.1) is 6.92 Å². The van der Waals surface area contributed by atoms with Gasteiger partial charge in [-0.3, -0.25) is 0 Å². The second-order valence-electron chi connectivity index (χ2n) is 4.02. The zero-order valence-electron chi connectivity index (χ0n) is 10.3. The van der Waals surface area contributed by atoms with Crippen LogP contribution in [0.15, 0.2) is 52.1 Å². The summed E-state index contributed by atoms with van der Waals surface area (Å²) in [7, 11) is 0. The number of oxime groups is 1. The molecule has 0 radical (unpaired) electrons. The number of ether oxygens (including phenoxy) is 1. The highest BCUT2D eigenvalue weighted by Crippen LogP contribution is 2.26. The minimum atomic E-state index is 0.0750. The van der Waals surface area contributed by atoms with Crippen molar-refractivity contribution in [2.45, 2.75) is 6.92 Å². The van der Waals surface area contributed by atoms with Crippen LogP contribution in [-0.2, 0) is 0 Å². The molecule has 0 fully saturated rings. The molecule has 0 bridgehead atoms. The molecule has 0 aliphatic heterocycles. The van der Waals surface area contributed by atoms with Crippen LogP contribution in [0.1, 0.15) is 11.1 Å². The molecule has 5 heteroatoms. The van der Waals surface area contributed by atoms with Crippen molar-refractivity contribution < 1.29 is 9.94 Å². The van der Waals surface area contributed by atoms with E-state index in [1.165, 1.54) is 0 Å². The van der Waals surface area contributed by atoms with Gasteiger partial charge in [0, 0.05) is 10.0 Å². The summed E-state index contributed by atoms with van der Waals surface area (Å²) in [5.41, 5.74) is 7.23. The first kappa shape index (κ1) is 13.4. The second-order valence-corrected chi connectivity index (χ2v) is 4.88. The summed E-state index contributed by atoms with van der Waals surface area (Å²) in [6, 6.07) is 12.8. The Labute approximate surface area is 119 Å². The van der Waals surface area contributed by atoms with E-state index in [4.69, 9.17) is 15.7 Å². The lowest BCUT2D eigenvalue weighted by atomic mass is 10.2. The highest BCUT2D eigenvalue weighted by Gasteiger charge is 2.02. The molecule has 0 atom stereocenters. The van der Waals surface area contributed by atoms with E-state index in [-0.39, 0.29) is 5.84 Å². The van der Waals surface area contributed by atoms with Gasteiger partial charge in [-0.05, 0) is 55.0 Å². The van der Waals surface area contributed by atoms with Crippen molar-refractivity contribution in [1.82, 2.24) is 0 Å². The lowest BCUT2D eigenvalue weighted by Crippen LogP contribution is -2.12. The molecule has 2 rings (SSSR count). The molecule has 0 spiro atoms. The first-order chi connectivity index (χ1) is 9.10. The van der Waals surface area contributed by atoms with Gasteiger partial charge >= 0.3 is 0 Å². The fourth-order valence-corrected chi connectivity index (χ4v) is 1.81. The summed E-state index contributed by atoms with van der Waals surface area (Å²) in [6.07, 6.45) is 0. The Hall–Kier alpha value is -2.01. The zero-order valence-corrected chi connectivity index (χ0v) is 11.9. The molecule has 2 aromatic rings. The monoisotopic (exact) mass is 320 g/mol. The molecule has 0 heterocycles. The van der Waals surface area contributed by atoms with Gasteiger partial charge in [0.25, 0.3) is 0 Å². The van der Waals surface area contributed by atoms with Crippen molar-refractivity contribution in [1.29, 1.82) is 0 Å². The fourth-order valence-electron chi connectivity index (χ4n) is 1.57. The van der Waals surface area contributed by atoms with Crippen molar-refractivity contribution in [2.24, 2.45) is 10.9 Å². The lowest BCUT2D eigenvalue weighted by molar-refractivity contribution is 0.318. The topological polar surface area (TPSA) is 67.8 Å². The number of amidine groups is 1. The molecular formula is C14H13BrN2O2. The molecular weight excluding hydrogens is 308 g/mol. The van der Waals surface area contributed by atoms with Gasteiger partial charge in [-0.2, -0.15) is 0 Å². The molecule has 2 aromatic carbocycles. The highest BCUT2D eigenvalue weighted by atomic mass is 79.9. The number of hydrogen-bond donors (Lipinski definition) is 2. The van der Waals surface area contributed by atoms with Crippen LogP contribution < -0.4 is 10.5 Å². The molecule has 0 amide bonds. The van der Waals surface area contributed by atoms with Crippen molar-refractivity contribution >= 4 is 21.8 Å². The van der Waals surface area contributed by atoms with Gasteiger partial charge in [0.15, 0.2) is 5.84 Å². The van der Waals surface area contributed by atoms with Crippen LogP contribution in [0.2, 0.25) is 0 Å². The van der Waals surface area contributed by atoms with Crippen LogP contribution in [0.3, 0.4) is 0 Å². The summed E-state index contributed by atoms with van der Waals surface area (Å²) >= 11 is 3.44. The zero-order chi connectivity index (χ0) is 13.8. The Balaban J connectivity index is 2.17. The SMILES string of the molecule is Cc1cc(Oc2ccc(/C(N)=N/O)cc2)ccc1Br. The Morgan fingerprint density at radius 2 is 1.79 bits per heavy atom. The summed E-state index contributed by atoms with van der Waals surface area (Å²) in [6.45, 7) is 2.00. The Morgan fingerprint density at radius 1 is 1.16 bits per heavy atom. The van der Waals surface area contributed by atoms with Gasteiger partial charge in [-0.25, -0.2) is 0 Å². The van der Waals surface area contributed by atoms with E-state index in [1.807, 2.05) is 25.1 Å². The first-order valence-electron chi connectivity index (χ1n) is 5.62. The molecule has 19 heavy (non-hydrogen) atoms. The second kappa shape index (κ2) is 5.75. The Kier molecular flexibility index (Phi) is 4.06. The quantitative estimate of drug-likeness (QED) is 0.392. The van der Waals surface area contributed by atoms with E-state index in [9.17, 15) is 0 Å². The maximum atomic E-state index is 8.58. The van der Waals surface area contributed by atoms with Crippen LogP contribution in [0.4, 0.5) is 0 Å². The van der Waals surface area contributed by atoms with Gasteiger partial charge in [-0.15, -0.1) is 0 Å². The number of nitrogens with two attached hydrogens (primary N) is 1. The van der Waals surface area contributed by atoms with Gasteiger partial charge in [0.05, 0.1) is 0 Å². The predicted octanol–water partition coefficient (Wildman–Crippen LogP) is 3.64. The molecule has 3 N–H and O–H groups in total. The van der Waals surface area contributed by atoms with Crippen LogP contribution in [0.25, 0.3) is 0 Å². The van der Waals surface area contributed by atoms with E-state index < -0.39 is 0 Å². The summed E-state index contributed by atoms with van der Waals surface area (Å²) in [5, 5.41) is 11.5. The molecule has 4 nitrogen and oxygen atoms in total. The lowest BCUT2D eigenvalue weighted by Gasteiger charge is -2.08. The summed E-state index contributed by atoms with van der Waals surface area (Å²) in [5.74, 6) is 1.53. The maximum absolute atomic E-state index is 8.58. The van der Waals surface area contributed by atoms with E-state index in [0.29, 0.717) is 11.3 Å². The minimum Gasteiger partial charge on any atom is -0.457 e. The average Bonchev–Trinajstić information content (AvgIpc) is 2.43. The largest absolute Gasteiger partial charge is 0.457 e. The number of nitrogens with zero attached hydrogens (tertiary/aromatic N) is 1. The average molecular weight is 321 g/mol. The maximum Gasteiger partial charge on any atom is 0.170 e. The third-order valence-electron chi connectivity index (χ3n) is 2.62. The molecule has 0 unspecified atom stereocenters.